The molecule has 1 heterocycles. The minimum Gasteiger partial charge on any atom is -0.482 e. The van der Waals surface area contributed by atoms with Crippen LogP contribution in [-0.4, -0.2) is 12.5 Å². The number of amides is 1. The molecule has 0 bridgehead atoms. The molecule has 0 atom stereocenters. The first kappa shape index (κ1) is 16.2. The molecule has 1 N–H and O–H groups in total. The van der Waals surface area contributed by atoms with Gasteiger partial charge in [0, 0.05) is 10.4 Å². The number of carbonyl (C=O) groups is 1. The summed E-state index contributed by atoms with van der Waals surface area (Å²) in [5, 5.41) is 13.2. The number of hydrogen-bond acceptors (Lipinski definition) is 4. The molecule has 2 aromatic carbocycles. The Morgan fingerprint density at radius 1 is 1.25 bits per heavy atom. The van der Waals surface area contributed by atoms with E-state index in [1.54, 1.807) is 36.4 Å². The summed E-state index contributed by atoms with van der Waals surface area (Å²) in [4.78, 5) is 12.1. The molecule has 0 spiro atoms. The minimum absolute atomic E-state index is 0.0362. The second-order valence-corrected chi connectivity index (χ2v) is 5.67. The van der Waals surface area contributed by atoms with Crippen molar-refractivity contribution in [2.24, 2.45) is 0 Å². The van der Waals surface area contributed by atoms with E-state index in [4.69, 9.17) is 37.6 Å². The summed E-state index contributed by atoms with van der Waals surface area (Å²) < 4.78 is 10.8. The van der Waals surface area contributed by atoms with Crippen molar-refractivity contribution >= 4 is 45.8 Å². The van der Waals surface area contributed by atoms with Gasteiger partial charge in [-0.3, -0.25) is 4.79 Å². The van der Waals surface area contributed by atoms with Crippen molar-refractivity contribution in [3.05, 3.63) is 58.3 Å². The number of fused-ring (bicyclic) bond motifs is 1. The molecule has 24 heavy (non-hydrogen) atoms. The normalized spacial score (nSPS) is 10.4. The molecule has 7 heteroatoms. The first-order chi connectivity index (χ1) is 11.6. The van der Waals surface area contributed by atoms with E-state index in [-0.39, 0.29) is 12.4 Å². The molecule has 0 radical (unpaired) electrons. The van der Waals surface area contributed by atoms with Crippen LogP contribution < -0.4 is 10.1 Å². The molecule has 0 saturated carbocycles. The highest BCUT2D eigenvalue weighted by Crippen LogP contribution is 2.30. The number of halogens is 2. The smallest absolute Gasteiger partial charge is 0.262 e. The van der Waals surface area contributed by atoms with Crippen molar-refractivity contribution < 1.29 is 13.9 Å². The maximum Gasteiger partial charge on any atom is 0.262 e. The zero-order valence-electron chi connectivity index (χ0n) is 12.2. The van der Waals surface area contributed by atoms with Gasteiger partial charge in [0.1, 0.15) is 23.1 Å². The van der Waals surface area contributed by atoms with E-state index < -0.39 is 5.91 Å². The summed E-state index contributed by atoms with van der Waals surface area (Å²) in [5.41, 5.74) is 0.843. The molecule has 1 aromatic heterocycles. The van der Waals surface area contributed by atoms with Crippen molar-refractivity contribution in [2.45, 2.75) is 0 Å². The van der Waals surface area contributed by atoms with Gasteiger partial charge < -0.3 is 14.5 Å². The molecular weight excluding hydrogens is 351 g/mol. The molecule has 0 aliphatic rings. The van der Waals surface area contributed by atoms with Gasteiger partial charge in [0.2, 0.25) is 5.76 Å². The van der Waals surface area contributed by atoms with Gasteiger partial charge in [-0.2, -0.15) is 5.26 Å². The lowest BCUT2D eigenvalue weighted by atomic mass is 10.2. The fourth-order valence-electron chi connectivity index (χ4n) is 2.16. The van der Waals surface area contributed by atoms with Gasteiger partial charge in [-0.1, -0.05) is 35.3 Å². The molecule has 5 nitrogen and oxygen atoms in total. The number of carbonyl (C=O) groups excluding carboxylic acids is 1. The summed E-state index contributed by atoms with van der Waals surface area (Å²) in [6.45, 7) is -0.272. The second kappa shape index (κ2) is 6.83. The number of anilines is 1. The Morgan fingerprint density at radius 3 is 2.79 bits per heavy atom. The maximum atomic E-state index is 12.1. The maximum absolute atomic E-state index is 12.1. The molecule has 3 aromatic rings. The van der Waals surface area contributed by atoms with Crippen molar-refractivity contribution in [1.82, 2.24) is 0 Å². The van der Waals surface area contributed by atoms with E-state index >= 15 is 0 Å². The van der Waals surface area contributed by atoms with Crippen molar-refractivity contribution in [2.75, 3.05) is 11.9 Å². The summed E-state index contributed by atoms with van der Waals surface area (Å²) in [7, 11) is 0. The first-order valence-corrected chi connectivity index (χ1v) is 7.63. The van der Waals surface area contributed by atoms with Crippen LogP contribution in [0.2, 0.25) is 10.0 Å². The van der Waals surface area contributed by atoms with Crippen molar-refractivity contribution in [1.29, 1.82) is 5.26 Å². The highest BCUT2D eigenvalue weighted by atomic mass is 35.5. The van der Waals surface area contributed by atoms with E-state index in [1.165, 1.54) is 6.07 Å². The third-order valence-corrected chi connectivity index (χ3v) is 3.74. The van der Waals surface area contributed by atoms with Crippen LogP contribution in [0.5, 0.6) is 5.75 Å². The number of para-hydroxylation sites is 1. The number of nitrogens with zero attached hydrogens (tertiary/aromatic N) is 1. The van der Waals surface area contributed by atoms with E-state index in [1.807, 2.05) is 6.07 Å². The molecule has 0 aliphatic carbocycles. The Bertz CT molecular complexity index is 960. The van der Waals surface area contributed by atoms with Gasteiger partial charge >= 0.3 is 0 Å². The van der Waals surface area contributed by atoms with Crippen LogP contribution in [-0.2, 0) is 4.79 Å². The Labute approximate surface area is 147 Å². The first-order valence-electron chi connectivity index (χ1n) is 6.88. The lowest BCUT2D eigenvalue weighted by molar-refractivity contribution is -0.118. The summed E-state index contributed by atoms with van der Waals surface area (Å²) in [6.07, 6.45) is 0. The summed E-state index contributed by atoms with van der Waals surface area (Å²) in [5.74, 6) is -0.0630. The van der Waals surface area contributed by atoms with E-state index in [0.29, 0.717) is 32.5 Å². The van der Waals surface area contributed by atoms with Gasteiger partial charge in [-0.05, 0) is 30.3 Å². The fraction of sp³-hybridized carbons (Fsp3) is 0.0588. The predicted molar refractivity (Wildman–Crippen MR) is 91.5 cm³/mol. The number of benzene rings is 2. The molecule has 0 aliphatic heterocycles. The van der Waals surface area contributed by atoms with Crippen molar-refractivity contribution in [3.63, 3.8) is 0 Å². The average Bonchev–Trinajstić information content (AvgIpc) is 2.92. The van der Waals surface area contributed by atoms with Crippen LogP contribution in [0.1, 0.15) is 5.76 Å². The van der Waals surface area contributed by atoms with Gasteiger partial charge in [-0.25, -0.2) is 0 Å². The number of nitrogens with one attached hydrogen (secondary N) is 1. The molecule has 1 amide bonds. The third-order valence-electron chi connectivity index (χ3n) is 3.21. The predicted octanol–water partition coefficient (Wildman–Crippen LogP) is 4.63. The van der Waals surface area contributed by atoms with Crippen LogP contribution in [0.25, 0.3) is 11.0 Å². The second-order valence-electron chi connectivity index (χ2n) is 4.83. The molecular formula is C17H10Cl2N2O3. The average molecular weight is 361 g/mol. The lowest BCUT2D eigenvalue weighted by Gasteiger charge is -2.08. The van der Waals surface area contributed by atoms with E-state index in [0.717, 1.165) is 0 Å². The van der Waals surface area contributed by atoms with Gasteiger partial charge in [-0.15, -0.1) is 0 Å². The zero-order chi connectivity index (χ0) is 17.1. The highest BCUT2D eigenvalue weighted by Gasteiger charge is 2.16. The summed E-state index contributed by atoms with van der Waals surface area (Å²) in [6, 6.07) is 13.7. The summed E-state index contributed by atoms with van der Waals surface area (Å²) >= 11 is 11.8. The van der Waals surface area contributed by atoms with Crippen LogP contribution in [0.4, 0.5) is 5.69 Å². The van der Waals surface area contributed by atoms with Crippen LogP contribution >= 0.6 is 23.2 Å². The van der Waals surface area contributed by atoms with Crippen LogP contribution in [0, 0.1) is 11.3 Å². The van der Waals surface area contributed by atoms with Gasteiger partial charge in [0.05, 0.1) is 5.02 Å². The van der Waals surface area contributed by atoms with Crippen LogP contribution in [0.15, 0.2) is 46.9 Å². The van der Waals surface area contributed by atoms with Gasteiger partial charge in [0.15, 0.2) is 6.61 Å². The lowest BCUT2D eigenvalue weighted by Crippen LogP contribution is -2.20. The Morgan fingerprint density at radius 2 is 2.04 bits per heavy atom. The molecule has 0 fully saturated rings. The Hall–Kier alpha value is -2.68. The Kier molecular flexibility index (Phi) is 4.61. The molecule has 120 valence electrons. The number of rotatable bonds is 4. The zero-order valence-corrected chi connectivity index (χ0v) is 13.7. The SMILES string of the molecule is N#Cc1oc2ccccc2c1NC(=O)COc1ccc(Cl)cc1Cl. The largest absolute Gasteiger partial charge is 0.482 e. The Balaban J connectivity index is 1.75. The number of nitriles is 1. The highest BCUT2D eigenvalue weighted by molar-refractivity contribution is 6.35. The third kappa shape index (κ3) is 3.30. The fourth-order valence-corrected chi connectivity index (χ4v) is 2.62. The number of hydrogen-bond donors (Lipinski definition) is 1. The standard InChI is InChI=1S/C17H10Cl2N2O3/c18-10-5-6-14(12(19)7-10)23-9-16(22)21-17-11-3-1-2-4-13(11)24-15(17)8-20/h1-7H,9H2,(H,21,22). The van der Waals surface area contributed by atoms with Crippen molar-refractivity contribution in [3.8, 4) is 11.8 Å². The molecule has 3 rings (SSSR count). The molecule has 0 saturated heterocycles. The quantitative estimate of drug-likeness (QED) is 0.735. The number of ether oxygens (including phenoxy) is 1. The van der Waals surface area contributed by atoms with E-state index in [2.05, 4.69) is 5.32 Å². The van der Waals surface area contributed by atoms with E-state index in [9.17, 15) is 4.79 Å². The molecule has 0 unspecified atom stereocenters. The number of furan rings is 1. The van der Waals surface area contributed by atoms with Crippen LogP contribution in [0.3, 0.4) is 0 Å². The minimum atomic E-state index is -0.441. The monoisotopic (exact) mass is 360 g/mol. The topological polar surface area (TPSA) is 75.3 Å². The van der Waals surface area contributed by atoms with Gasteiger partial charge in [0.25, 0.3) is 5.91 Å².